The second-order valence-electron chi connectivity index (χ2n) is 4.99. The molecule has 0 unspecified atom stereocenters. The van der Waals surface area contributed by atoms with E-state index in [1.54, 1.807) is 34.9 Å². The first-order valence-corrected chi connectivity index (χ1v) is 7.33. The van der Waals surface area contributed by atoms with Crippen LogP contribution in [0.3, 0.4) is 0 Å². The number of aliphatic carboxylic acids is 1. The third-order valence-electron chi connectivity index (χ3n) is 3.71. The third kappa shape index (κ3) is 2.07. The monoisotopic (exact) mass is 335 g/mol. The highest BCUT2D eigenvalue weighted by molar-refractivity contribution is 6.45. The first-order chi connectivity index (χ1) is 10.4. The molecule has 4 nitrogen and oxygen atoms in total. The number of carboxylic acid groups (broad SMARTS) is 1. The smallest absolute Gasteiger partial charge is 0.326 e. The SMILES string of the molecule is C[C@@H](C(=O)O)n1c2ccccc2c(=O)c2ccc(Cl)c(Cl)c21. The van der Waals surface area contributed by atoms with Crippen molar-refractivity contribution in [3.63, 3.8) is 0 Å². The van der Waals surface area contributed by atoms with E-state index >= 15 is 0 Å². The van der Waals surface area contributed by atoms with Crippen molar-refractivity contribution < 1.29 is 9.90 Å². The zero-order chi connectivity index (χ0) is 16.0. The minimum Gasteiger partial charge on any atom is -0.480 e. The Balaban J connectivity index is 2.67. The highest BCUT2D eigenvalue weighted by Gasteiger charge is 2.22. The Labute approximate surface area is 135 Å². The lowest BCUT2D eigenvalue weighted by molar-refractivity contribution is -0.140. The van der Waals surface area contributed by atoms with Gasteiger partial charge in [-0.2, -0.15) is 0 Å². The summed E-state index contributed by atoms with van der Waals surface area (Å²) in [5.74, 6) is -1.02. The maximum absolute atomic E-state index is 12.6. The van der Waals surface area contributed by atoms with E-state index in [9.17, 15) is 14.7 Å². The molecule has 2 aromatic carbocycles. The van der Waals surface area contributed by atoms with E-state index in [1.807, 2.05) is 0 Å². The van der Waals surface area contributed by atoms with Crippen LogP contribution in [0.4, 0.5) is 0 Å². The predicted octanol–water partition coefficient (Wildman–Crippen LogP) is 4.11. The van der Waals surface area contributed by atoms with Gasteiger partial charge in [0, 0.05) is 10.8 Å². The number of benzene rings is 2. The van der Waals surface area contributed by atoms with Crippen LogP contribution in [0.25, 0.3) is 21.8 Å². The Morgan fingerprint density at radius 3 is 2.50 bits per heavy atom. The fourth-order valence-electron chi connectivity index (χ4n) is 2.61. The van der Waals surface area contributed by atoms with Gasteiger partial charge in [-0.15, -0.1) is 0 Å². The molecule has 0 saturated carbocycles. The number of pyridine rings is 1. The summed E-state index contributed by atoms with van der Waals surface area (Å²) in [5, 5.41) is 10.7. The number of hydrogen-bond acceptors (Lipinski definition) is 2. The van der Waals surface area contributed by atoms with Gasteiger partial charge >= 0.3 is 5.97 Å². The lowest BCUT2D eigenvalue weighted by Gasteiger charge is -2.19. The number of nitrogens with zero attached hydrogens (tertiary/aromatic N) is 1. The maximum Gasteiger partial charge on any atom is 0.326 e. The molecule has 0 fully saturated rings. The number of aromatic nitrogens is 1. The molecule has 1 N–H and O–H groups in total. The van der Waals surface area contributed by atoms with Gasteiger partial charge in [0.25, 0.3) is 0 Å². The normalized spacial score (nSPS) is 12.7. The van der Waals surface area contributed by atoms with E-state index < -0.39 is 12.0 Å². The fourth-order valence-corrected chi connectivity index (χ4v) is 3.02. The van der Waals surface area contributed by atoms with E-state index in [1.165, 1.54) is 13.0 Å². The summed E-state index contributed by atoms with van der Waals surface area (Å²) in [7, 11) is 0. The zero-order valence-electron chi connectivity index (χ0n) is 11.5. The molecule has 0 bridgehead atoms. The van der Waals surface area contributed by atoms with Crippen LogP contribution < -0.4 is 5.43 Å². The van der Waals surface area contributed by atoms with E-state index in [0.717, 1.165) is 0 Å². The number of hydrogen-bond donors (Lipinski definition) is 1. The number of halogens is 2. The van der Waals surface area contributed by atoms with Crippen molar-refractivity contribution in [2.45, 2.75) is 13.0 Å². The van der Waals surface area contributed by atoms with Gasteiger partial charge < -0.3 is 9.67 Å². The van der Waals surface area contributed by atoms with Crippen LogP contribution in [0.2, 0.25) is 10.0 Å². The molecule has 3 aromatic rings. The van der Waals surface area contributed by atoms with E-state index in [4.69, 9.17) is 23.2 Å². The van der Waals surface area contributed by atoms with Gasteiger partial charge in [-0.1, -0.05) is 35.3 Å². The average Bonchev–Trinajstić information content (AvgIpc) is 2.51. The van der Waals surface area contributed by atoms with Crippen LogP contribution >= 0.6 is 23.2 Å². The van der Waals surface area contributed by atoms with Crippen LogP contribution in [0.1, 0.15) is 13.0 Å². The second kappa shape index (κ2) is 5.30. The number of para-hydroxylation sites is 1. The summed E-state index contributed by atoms with van der Waals surface area (Å²) in [6, 6.07) is 9.07. The zero-order valence-corrected chi connectivity index (χ0v) is 13.0. The Morgan fingerprint density at radius 1 is 1.14 bits per heavy atom. The summed E-state index contributed by atoms with van der Waals surface area (Å²) in [4.78, 5) is 24.1. The van der Waals surface area contributed by atoms with Crippen LogP contribution in [0.15, 0.2) is 41.2 Å². The molecule has 1 aromatic heterocycles. The molecule has 0 radical (unpaired) electrons. The number of carboxylic acids is 1. The summed E-state index contributed by atoms with van der Waals surface area (Å²) in [5.41, 5.74) is 0.657. The number of rotatable bonds is 2. The van der Waals surface area contributed by atoms with Crippen molar-refractivity contribution in [3.8, 4) is 0 Å². The molecule has 112 valence electrons. The predicted molar refractivity (Wildman–Crippen MR) is 88.1 cm³/mol. The number of carbonyl (C=O) groups is 1. The molecule has 0 spiro atoms. The summed E-state index contributed by atoms with van der Waals surface area (Å²) in [6.45, 7) is 1.54. The van der Waals surface area contributed by atoms with Crippen molar-refractivity contribution in [3.05, 3.63) is 56.7 Å². The van der Waals surface area contributed by atoms with Gasteiger partial charge in [0.15, 0.2) is 5.43 Å². The van der Waals surface area contributed by atoms with E-state index in [-0.39, 0.29) is 15.5 Å². The van der Waals surface area contributed by atoms with Gasteiger partial charge in [-0.25, -0.2) is 4.79 Å². The first-order valence-electron chi connectivity index (χ1n) is 6.57. The molecular formula is C16H11Cl2NO3. The minimum absolute atomic E-state index is 0.176. The molecule has 6 heteroatoms. The van der Waals surface area contributed by atoms with Crippen LogP contribution in [-0.2, 0) is 4.79 Å². The Hall–Kier alpha value is -2.04. The molecule has 3 rings (SSSR count). The highest BCUT2D eigenvalue weighted by Crippen LogP contribution is 2.33. The lowest BCUT2D eigenvalue weighted by atomic mass is 10.1. The van der Waals surface area contributed by atoms with Crippen LogP contribution in [0, 0.1) is 0 Å². The van der Waals surface area contributed by atoms with Crippen molar-refractivity contribution in [2.75, 3.05) is 0 Å². The van der Waals surface area contributed by atoms with Gasteiger partial charge in [0.1, 0.15) is 6.04 Å². The summed E-state index contributed by atoms with van der Waals surface area (Å²) >= 11 is 12.3. The molecule has 0 aliphatic heterocycles. The van der Waals surface area contributed by atoms with Crippen molar-refractivity contribution in [2.24, 2.45) is 0 Å². The molecule has 0 amide bonds. The highest BCUT2D eigenvalue weighted by atomic mass is 35.5. The first kappa shape index (κ1) is 14.9. The topological polar surface area (TPSA) is 59.3 Å². The van der Waals surface area contributed by atoms with Gasteiger partial charge in [-0.05, 0) is 31.2 Å². The van der Waals surface area contributed by atoms with Crippen molar-refractivity contribution >= 4 is 51.0 Å². The molecule has 0 aliphatic carbocycles. The van der Waals surface area contributed by atoms with E-state index in [2.05, 4.69) is 0 Å². The Morgan fingerprint density at radius 2 is 1.82 bits per heavy atom. The van der Waals surface area contributed by atoms with Gasteiger partial charge in [-0.3, -0.25) is 4.79 Å². The van der Waals surface area contributed by atoms with Crippen molar-refractivity contribution in [1.82, 2.24) is 4.57 Å². The summed E-state index contributed by atoms with van der Waals surface area (Å²) in [6.07, 6.45) is 0. The molecule has 0 saturated heterocycles. The molecule has 1 atom stereocenters. The average molecular weight is 336 g/mol. The Kier molecular flexibility index (Phi) is 3.59. The fraction of sp³-hybridized carbons (Fsp3) is 0.125. The molecule has 22 heavy (non-hydrogen) atoms. The maximum atomic E-state index is 12.6. The third-order valence-corrected chi connectivity index (χ3v) is 4.50. The number of fused-ring (bicyclic) bond motifs is 2. The van der Waals surface area contributed by atoms with Crippen LogP contribution in [0.5, 0.6) is 0 Å². The molecular weight excluding hydrogens is 325 g/mol. The molecule has 1 heterocycles. The minimum atomic E-state index is -1.02. The Bertz CT molecular complexity index is 978. The van der Waals surface area contributed by atoms with Crippen molar-refractivity contribution in [1.29, 1.82) is 0 Å². The van der Waals surface area contributed by atoms with Gasteiger partial charge in [0.05, 0.1) is 21.1 Å². The van der Waals surface area contributed by atoms with Crippen LogP contribution in [-0.4, -0.2) is 15.6 Å². The second-order valence-corrected chi connectivity index (χ2v) is 5.77. The van der Waals surface area contributed by atoms with Gasteiger partial charge in [0.2, 0.25) is 0 Å². The largest absolute Gasteiger partial charge is 0.480 e. The lowest BCUT2D eigenvalue weighted by Crippen LogP contribution is -2.20. The quantitative estimate of drug-likeness (QED) is 0.717. The van der Waals surface area contributed by atoms with E-state index in [0.29, 0.717) is 21.8 Å². The standard InChI is InChI=1S/C16H11Cl2NO3/c1-8(16(21)22)19-12-5-3-2-4-9(12)15(20)10-6-7-11(17)13(18)14(10)19/h2-8H,1H3,(H,21,22)/t8-/m0/s1. The molecule has 0 aliphatic rings. The summed E-state index contributed by atoms with van der Waals surface area (Å²) < 4.78 is 1.54.